The van der Waals surface area contributed by atoms with E-state index in [1.54, 1.807) is 30.1 Å². The molecule has 0 aliphatic carbocycles. The first kappa shape index (κ1) is 19.1. The first-order chi connectivity index (χ1) is 11.6. The maximum absolute atomic E-state index is 13.0. The molecule has 25 heavy (non-hydrogen) atoms. The van der Waals surface area contributed by atoms with Crippen LogP contribution in [0, 0.1) is 5.82 Å². The topological polar surface area (TPSA) is 67.2 Å². The summed E-state index contributed by atoms with van der Waals surface area (Å²) in [6.07, 6.45) is 1.27. The van der Waals surface area contributed by atoms with E-state index in [9.17, 15) is 14.3 Å². The Kier molecular flexibility index (Phi) is 5.62. The smallest absolute Gasteiger partial charge is 0.254 e. The van der Waals surface area contributed by atoms with Crippen LogP contribution in [0.1, 0.15) is 61.8 Å². The van der Waals surface area contributed by atoms with Crippen molar-refractivity contribution in [1.82, 2.24) is 15.1 Å². The molecule has 0 spiro atoms. The summed E-state index contributed by atoms with van der Waals surface area (Å²) in [5, 5.41) is 17.6. The zero-order chi connectivity index (χ0) is 18.8. The van der Waals surface area contributed by atoms with Crippen molar-refractivity contribution >= 4 is 5.91 Å². The van der Waals surface area contributed by atoms with Gasteiger partial charge in [0.1, 0.15) is 5.82 Å². The predicted molar refractivity (Wildman–Crippen MR) is 94.8 cm³/mol. The van der Waals surface area contributed by atoms with Gasteiger partial charge < -0.3 is 10.4 Å². The Balaban J connectivity index is 2.04. The summed E-state index contributed by atoms with van der Waals surface area (Å²) in [4.78, 5) is 12.6. The fraction of sp³-hybridized carbons (Fsp3) is 0.474. The lowest BCUT2D eigenvalue weighted by molar-refractivity contribution is 0.0914. The van der Waals surface area contributed by atoms with Crippen molar-refractivity contribution < 1.29 is 14.3 Å². The minimum atomic E-state index is -0.771. The Morgan fingerprint density at radius 1 is 1.32 bits per heavy atom. The molecule has 1 aromatic heterocycles. The van der Waals surface area contributed by atoms with Gasteiger partial charge in [-0.15, -0.1) is 0 Å². The number of aliphatic hydroxyl groups excluding tert-OH is 1. The number of aromatic nitrogens is 2. The van der Waals surface area contributed by atoms with Crippen LogP contribution in [-0.4, -0.2) is 26.8 Å². The molecule has 0 aliphatic rings. The number of aryl methyl sites for hydroxylation is 1. The second kappa shape index (κ2) is 7.35. The Hall–Kier alpha value is -2.21. The third-order valence-electron chi connectivity index (χ3n) is 3.99. The molecule has 1 heterocycles. The van der Waals surface area contributed by atoms with Gasteiger partial charge in [-0.05, 0) is 31.0 Å². The minimum absolute atomic E-state index is 0.211. The van der Waals surface area contributed by atoms with Crippen molar-refractivity contribution in [1.29, 1.82) is 0 Å². The molecular weight excluding hydrogens is 321 g/mol. The number of hydrogen-bond acceptors (Lipinski definition) is 3. The Bertz CT molecular complexity index is 732. The van der Waals surface area contributed by atoms with E-state index in [1.165, 1.54) is 12.1 Å². The Morgan fingerprint density at radius 3 is 2.48 bits per heavy atom. The van der Waals surface area contributed by atoms with Gasteiger partial charge in [0.15, 0.2) is 0 Å². The van der Waals surface area contributed by atoms with Crippen LogP contribution in [0.2, 0.25) is 0 Å². The molecule has 0 saturated carbocycles. The average molecular weight is 347 g/mol. The number of aliphatic hydroxyl groups is 1. The van der Waals surface area contributed by atoms with Crippen molar-refractivity contribution in [3.05, 3.63) is 53.1 Å². The zero-order valence-electron chi connectivity index (χ0n) is 15.4. The standard InChI is InChI=1S/C19H26FN3O2/c1-12(10-16(24)13-6-8-14(20)9-7-13)21-18(25)15-11-23(5)22-17(15)19(2,3)4/h6-9,11-12,16,24H,10H2,1-5H3,(H,21,25). The zero-order valence-corrected chi connectivity index (χ0v) is 15.4. The maximum Gasteiger partial charge on any atom is 0.254 e. The van der Waals surface area contributed by atoms with E-state index >= 15 is 0 Å². The van der Waals surface area contributed by atoms with E-state index in [1.807, 2.05) is 27.7 Å². The van der Waals surface area contributed by atoms with E-state index in [4.69, 9.17) is 0 Å². The highest BCUT2D eigenvalue weighted by Gasteiger charge is 2.26. The molecule has 0 bridgehead atoms. The molecule has 0 radical (unpaired) electrons. The number of carbonyl (C=O) groups excluding carboxylic acids is 1. The monoisotopic (exact) mass is 347 g/mol. The highest BCUT2D eigenvalue weighted by atomic mass is 19.1. The molecule has 6 heteroatoms. The first-order valence-corrected chi connectivity index (χ1v) is 8.36. The lowest BCUT2D eigenvalue weighted by atomic mass is 9.89. The van der Waals surface area contributed by atoms with Crippen molar-refractivity contribution in [2.75, 3.05) is 0 Å². The van der Waals surface area contributed by atoms with Gasteiger partial charge in [0.2, 0.25) is 0 Å². The predicted octanol–water partition coefficient (Wildman–Crippen LogP) is 3.10. The number of amides is 1. The molecule has 2 rings (SSSR count). The lowest BCUT2D eigenvalue weighted by Crippen LogP contribution is -2.35. The van der Waals surface area contributed by atoms with Crippen molar-refractivity contribution in [2.45, 2.75) is 51.7 Å². The summed E-state index contributed by atoms with van der Waals surface area (Å²) in [6, 6.07) is 5.47. The number of nitrogens with zero attached hydrogens (tertiary/aromatic N) is 2. The summed E-state index contributed by atoms with van der Waals surface area (Å²) >= 11 is 0. The Morgan fingerprint density at radius 2 is 1.92 bits per heavy atom. The van der Waals surface area contributed by atoms with Crippen molar-refractivity contribution in [3.63, 3.8) is 0 Å². The molecule has 0 aliphatic heterocycles. The minimum Gasteiger partial charge on any atom is -0.388 e. The number of hydrogen-bond donors (Lipinski definition) is 2. The van der Waals surface area contributed by atoms with Crippen LogP contribution in [-0.2, 0) is 12.5 Å². The van der Waals surface area contributed by atoms with Crippen LogP contribution >= 0.6 is 0 Å². The number of nitrogens with one attached hydrogen (secondary N) is 1. The summed E-state index contributed by atoms with van der Waals surface area (Å²) in [7, 11) is 1.79. The third kappa shape index (κ3) is 4.89. The largest absolute Gasteiger partial charge is 0.388 e. The van der Waals surface area contributed by atoms with Gasteiger partial charge in [-0.25, -0.2) is 4.39 Å². The molecule has 2 aromatic rings. The van der Waals surface area contributed by atoms with Gasteiger partial charge in [-0.3, -0.25) is 9.48 Å². The molecule has 1 amide bonds. The molecule has 2 unspecified atom stereocenters. The van der Waals surface area contributed by atoms with Gasteiger partial charge in [0.25, 0.3) is 5.91 Å². The van der Waals surface area contributed by atoms with Crippen molar-refractivity contribution in [3.8, 4) is 0 Å². The van der Waals surface area contributed by atoms with E-state index < -0.39 is 6.10 Å². The quantitative estimate of drug-likeness (QED) is 0.873. The van der Waals surface area contributed by atoms with E-state index in [2.05, 4.69) is 10.4 Å². The normalized spacial score (nSPS) is 14.2. The number of rotatable bonds is 5. The summed E-state index contributed by atoms with van der Waals surface area (Å²) < 4.78 is 14.6. The van der Waals surface area contributed by atoms with Gasteiger partial charge in [-0.2, -0.15) is 5.10 Å². The molecule has 2 atom stereocenters. The van der Waals surface area contributed by atoms with Crippen LogP contribution in [0.5, 0.6) is 0 Å². The van der Waals surface area contributed by atoms with Crippen LogP contribution in [0.15, 0.2) is 30.5 Å². The number of carbonyl (C=O) groups is 1. The van der Waals surface area contributed by atoms with Crippen LogP contribution in [0.3, 0.4) is 0 Å². The fourth-order valence-electron chi connectivity index (χ4n) is 2.72. The van der Waals surface area contributed by atoms with Crippen LogP contribution < -0.4 is 5.32 Å². The fourth-order valence-corrected chi connectivity index (χ4v) is 2.72. The molecule has 1 aromatic carbocycles. The van der Waals surface area contributed by atoms with Crippen LogP contribution in [0.25, 0.3) is 0 Å². The maximum atomic E-state index is 13.0. The molecule has 136 valence electrons. The summed E-state index contributed by atoms with van der Waals surface area (Å²) in [5.41, 5.74) is 1.65. The lowest BCUT2D eigenvalue weighted by Gasteiger charge is -2.20. The molecule has 2 N–H and O–H groups in total. The average Bonchev–Trinajstić information content (AvgIpc) is 2.90. The van der Waals surface area contributed by atoms with Crippen molar-refractivity contribution in [2.24, 2.45) is 7.05 Å². The second-order valence-corrected chi connectivity index (χ2v) is 7.49. The van der Waals surface area contributed by atoms with Gasteiger partial charge >= 0.3 is 0 Å². The first-order valence-electron chi connectivity index (χ1n) is 8.36. The van der Waals surface area contributed by atoms with E-state index in [0.29, 0.717) is 17.5 Å². The molecule has 0 saturated heterocycles. The van der Waals surface area contributed by atoms with Crippen LogP contribution in [0.4, 0.5) is 4.39 Å². The Labute approximate surface area is 147 Å². The summed E-state index contributed by atoms with van der Waals surface area (Å²) in [5.74, 6) is -0.555. The highest BCUT2D eigenvalue weighted by Crippen LogP contribution is 2.24. The summed E-state index contributed by atoms with van der Waals surface area (Å²) in [6.45, 7) is 7.85. The van der Waals surface area contributed by atoms with E-state index in [0.717, 1.165) is 5.69 Å². The number of benzene rings is 1. The van der Waals surface area contributed by atoms with Gasteiger partial charge in [0.05, 0.1) is 17.4 Å². The van der Waals surface area contributed by atoms with Gasteiger partial charge in [-0.1, -0.05) is 32.9 Å². The molecular formula is C19H26FN3O2. The second-order valence-electron chi connectivity index (χ2n) is 7.49. The van der Waals surface area contributed by atoms with Gasteiger partial charge in [0, 0.05) is 24.7 Å². The number of halogens is 1. The SMILES string of the molecule is CC(CC(O)c1ccc(F)cc1)NC(=O)c1cn(C)nc1C(C)(C)C. The molecule has 5 nitrogen and oxygen atoms in total. The highest BCUT2D eigenvalue weighted by molar-refractivity contribution is 5.95. The van der Waals surface area contributed by atoms with E-state index in [-0.39, 0.29) is 23.2 Å². The molecule has 0 fully saturated rings. The third-order valence-corrected chi connectivity index (χ3v) is 3.99.